The van der Waals surface area contributed by atoms with Gasteiger partial charge in [0.1, 0.15) is 11.2 Å². The van der Waals surface area contributed by atoms with Crippen molar-refractivity contribution in [1.29, 1.82) is 0 Å². The maximum Gasteiger partial charge on any atom is 0.312 e. The van der Waals surface area contributed by atoms with Gasteiger partial charge in [0.25, 0.3) is 0 Å². The molecule has 0 amide bonds. The number of nitrogens with two attached hydrogens (primary N) is 2. The zero-order valence-electron chi connectivity index (χ0n) is 18.7. The third kappa shape index (κ3) is 3.71. The van der Waals surface area contributed by atoms with Gasteiger partial charge in [-0.15, -0.1) is 0 Å². The number of ether oxygens (including phenoxy) is 2. The van der Waals surface area contributed by atoms with E-state index in [4.69, 9.17) is 9.47 Å². The quantitative estimate of drug-likeness (QED) is 0.635. The molecular formula is C23H40N2O4+2. The smallest absolute Gasteiger partial charge is 0.312 e. The lowest BCUT2D eigenvalue weighted by Gasteiger charge is -2.67. The van der Waals surface area contributed by atoms with Crippen molar-refractivity contribution in [3.63, 3.8) is 0 Å². The Labute approximate surface area is 174 Å². The van der Waals surface area contributed by atoms with Gasteiger partial charge >= 0.3 is 11.9 Å². The van der Waals surface area contributed by atoms with Crippen LogP contribution < -0.4 is 10.6 Å². The number of hydrogen-bond acceptors (Lipinski definition) is 4. The summed E-state index contributed by atoms with van der Waals surface area (Å²) < 4.78 is 12.1. The number of esters is 2. The Morgan fingerprint density at radius 2 is 1.00 bits per heavy atom. The molecule has 2 heterocycles. The molecule has 164 valence electrons. The molecule has 0 radical (unpaired) electrons. The molecule has 0 spiro atoms. The summed E-state index contributed by atoms with van der Waals surface area (Å²) in [6.45, 7) is 12.7. The van der Waals surface area contributed by atoms with Gasteiger partial charge in [0.2, 0.25) is 0 Å². The maximum absolute atomic E-state index is 13.0. The summed E-state index contributed by atoms with van der Waals surface area (Å²) in [5.74, 6) is 0.676. The van der Waals surface area contributed by atoms with E-state index in [1.54, 1.807) is 0 Å². The van der Waals surface area contributed by atoms with E-state index in [1.807, 2.05) is 0 Å². The third-order valence-corrected chi connectivity index (χ3v) is 8.45. The fourth-order valence-electron chi connectivity index (χ4n) is 6.33. The topological polar surface area (TPSA) is 85.8 Å². The molecule has 2 saturated heterocycles. The molecule has 0 aromatic rings. The normalized spacial score (nSPS) is 33.4. The van der Waals surface area contributed by atoms with Gasteiger partial charge in [-0.1, -0.05) is 0 Å². The lowest BCUT2D eigenvalue weighted by Crippen LogP contribution is -2.86. The number of rotatable bonds is 6. The van der Waals surface area contributed by atoms with E-state index in [0.717, 1.165) is 51.9 Å². The highest BCUT2D eigenvalue weighted by atomic mass is 16.6. The van der Waals surface area contributed by atoms with Gasteiger partial charge in [0, 0.05) is 37.5 Å². The summed E-state index contributed by atoms with van der Waals surface area (Å²) in [7, 11) is 0. The molecule has 5 fully saturated rings. The number of quaternary nitrogens is 2. The van der Waals surface area contributed by atoms with Crippen molar-refractivity contribution in [2.24, 2.45) is 22.7 Å². The highest BCUT2D eigenvalue weighted by Gasteiger charge is 2.77. The molecule has 0 atom stereocenters. The van der Waals surface area contributed by atoms with Crippen LogP contribution in [0.25, 0.3) is 0 Å². The largest absolute Gasteiger partial charge is 0.459 e. The molecule has 3 aliphatic carbocycles. The summed E-state index contributed by atoms with van der Waals surface area (Å²) >= 11 is 0. The predicted molar refractivity (Wildman–Crippen MR) is 108 cm³/mol. The van der Waals surface area contributed by atoms with Crippen LogP contribution in [-0.4, -0.2) is 49.3 Å². The van der Waals surface area contributed by atoms with Crippen LogP contribution in [0.15, 0.2) is 0 Å². The predicted octanol–water partition coefficient (Wildman–Crippen LogP) is 0.747. The first-order valence-electron chi connectivity index (χ1n) is 11.7. The van der Waals surface area contributed by atoms with Gasteiger partial charge in [-0.25, -0.2) is 0 Å². The molecule has 5 aliphatic rings. The molecule has 5 rings (SSSR count). The molecule has 29 heavy (non-hydrogen) atoms. The Balaban J connectivity index is 1.30. The van der Waals surface area contributed by atoms with Crippen molar-refractivity contribution < 1.29 is 29.7 Å². The Hall–Kier alpha value is -1.14. The van der Waals surface area contributed by atoms with Crippen molar-refractivity contribution in [2.45, 2.75) is 83.8 Å². The lowest BCUT2D eigenvalue weighted by atomic mass is 9.35. The van der Waals surface area contributed by atoms with Gasteiger partial charge in [-0.05, 0) is 47.0 Å². The van der Waals surface area contributed by atoms with Crippen molar-refractivity contribution in [3.8, 4) is 0 Å². The van der Waals surface area contributed by atoms with E-state index >= 15 is 0 Å². The summed E-state index contributed by atoms with van der Waals surface area (Å²) in [4.78, 5) is 25.9. The highest BCUT2D eigenvalue weighted by Crippen LogP contribution is 2.74. The van der Waals surface area contributed by atoms with Crippen LogP contribution in [0.1, 0.15) is 72.6 Å². The second-order valence-electron chi connectivity index (χ2n) is 11.4. The number of hydrogen-bond donors (Lipinski definition) is 2. The van der Waals surface area contributed by atoms with E-state index in [-0.39, 0.29) is 11.9 Å². The fraction of sp³-hybridized carbons (Fsp3) is 0.913. The second kappa shape index (κ2) is 7.23. The van der Waals surface area contributed by atoms with Crippen molar-refractivity contribution in [2.75, 3.05) is 26.2 Å². The Bertz CT molecular complexity index is 586. The maximum atomic E-state index is 13.0. The van der Waals surface area contributed by atoms with Crippen molar-refractivity contribution in [3.05, 3.63) is 0 Å². The third-order valence-electron chi connectivity index (χ3n) is 8.45. The van der Waals surface area contributed by atoms with Gasteiger partial charge in [-0.2, -0.15) is 0 Å². The lowest BCUT2D eigenvalue weighted by molar-refractivity contribution is -0.666. The molecule has 0 aromatic carbocycles. The SMILES string of the molecule is CC(C)(OC(=O)C12CC(C(=O)OC(C)(C)C3CC[NH2+]CC3)(C1)C2)C1CC[NH2+]CC1. The van der Waals surface area contributed by atoms with Crippen LogP contribution >= 0.6 is 0 Å². The molecule has 3 saturated carbocycles. The van der Waals surface area contributed by atoms with Crippen LogP contribution in [-0.2, 0) is 19.1 Å². The molecule has 6 heteroatoms. The molecular weight excluding hydrogens is 368 g/mol. The van der Waals surface area contributed by atoms with Crippen LogP contribution in [0, 0.1) is 22.7 Å². The van der Waals surface area contributed by atoms with Crippen LogP contribution in [0.3, 0.4) is 0 Å². The summed E-state index contributed by atoms with van der Waals surface area (Å²) in [5.41, 5.74) is -1.70. The van der Waals surface area contributed by atoms with Gasteiger partial charge < -0.3 is 20.1 Å². The minimum Gasteiger partial charge on any atom is -0.459 e. The summed E-state index contributed by atoms with van der Waals surface area (Å²) in [5, 5.41) is 4.66. The molecule has 0 aromatic heterocycles. The highest BCUT2D eigenvalue weighted by molar-refractivity contribution is 5.91. The minimum absolute atomic E-state index is 0.0891. The summed E-state index contributed by atoms with van der Waals surface area (Å²) in [6.07, 6.45) is 6.21. The van der Waals surface area contributed by atoms with Gasteiger partial charge in [0.15, 0.2) is 0 Å². The zero-order chi connectivity index (χ0) is 20.9. The average Bonchev–Trinajstić information content (AvgIpc) is 2.60. The van der Waals surface area contributed by atoms with Gasteiger partial charge in [0.05, 0.1) is 37.0 Å². The Morgan fingerprint density at radius 1 is 0.690 bits per heavy atom. The molecule has 0 unspecified atom stereocenters. The molecule has 6 nitrogen and oxygen atoms in total. The van der Waals surface area contributed by atoms with E-state index in [9.17, 15) is 9.59 Å². The van der Waals surface area contributed by atoms with Crippen LogP contribution in [0.5, 0.6) is 0 Å². The zero-order valence-corrected chi connectivity index (χ0v) is 18.7. The first-order chi connectivity index (χ1) is 13.6. The van der Waals surface area contributed by atoms with Crippen molar-refractivity contribution in [1.82, 2.24) is 0 Å². The Kier molecular flexibility index (Phi) is 5.26. The van der Waals surface area contributed by atoms with Crippen molar-refractivity contribution >= 4 is 11.9 Å². The van der Waals surface area contributed by atoms with Crippen LogP contribution in [0.2, 0.25) is 0 Å². The minimum atomic E-state index is -0.430. The number of piperidine rings is 2. The van der Waals surface area contributed by atoms with E-state index < -0.39 is 22.0 Å². The standard InChI is InChI=1S/C23H38N2O4/c1-20(2,16-5-9-24-10-6-16)28-18(26)22-13-23(14-22,15-22)19(27)29-21(3,4)17-7-11-25-12-8-17/h16-17,24-25H,5-15H2,1-4H3/p+2. The monoisotopic (exact) mass is 408 g/mol. The first kappa shape index (κ1) is 21.1. The molecule has 2 aliphatic heterocycles. The second-order valence-corrected chi connectivity index (χ2v) is 11.4. The van der Waals surface area contributed by atoms with E-state index in [0.29, 0.717) is 31.1 Å². The first-order valence-corrected chi connectivity index (χ1v) is 11.7. The van der Waals surface area contributed by atoms with Crippen LogP contribution in [0.4, 0.5) is 0 Å². The fourth-order valence-corrected chi connectivity index (χ4v) is 6.33. The molecule has 2 bridgehead atoms. The molecule has 4 N–H and O–H groups in total. The number of carbonyl (C=O) groups excluding carboxylic acids is 2. The average molecular weight is 409 g/mol. The summed E-state index contributed by atoms with van der Waals surface area (Å²) in [6, 6.07) is 0. The van der Waals surface area contributed by atoms with Gasteiger partial charge in [-0.3, -0.25) is 9.59 Å². The van der Waals surface area contributed by atoms with E-state index in [2.05, 4.69) is 38.3 Å². The Morgan fingerprint density at radius 3 is 1.31 bits per heavy atom. The number of carbonyl (C=O) groups is 2. The van der Waals surface area contributed by atoms with E-state index in [1.165, 1.54) is 0 Å².